The molecule has 1 rings (SSSR count). The van der Waals surface area contributed by atoms with Crippen LogP contribution < -0.4 is 5.32 Å². The molecule has 0 saturated heterocycles. The monoisotopic (exact) mass is 317 g/mol. The van der Waals surface area contributed by atoms with Gasteiger partial charge in [0.2, 0.25) is 0 Å². The zero-order valence-corrected chi connectivity index (χ0v) is 13.3. The van der Waals surface area contributed by atoms with Gasteiger partial charge in [-0.1, -0.05) is 61.3 Å². The van der Waals surface area contributed by atoms with Crippen LogP contribution in [0, 0.1) is 11.8 Å². The minimum absolute atomic E-state index is 0.295. The third kappa shape index (κ3) is 3.70. The molecule has 0 aliphatic rings. The van der Waals surface area contributed by atoms with Crippen molar-refractivity contribution in [3.05, 3.63) is 33.3 Å². The van der Waals surface area contributed by atoms with Gasteiger partial charge in [0.1, 0.15) is 0 Å². The smallest absolute Gasteiger partial charge is 0.0465 e. The highest BCUT2D eigenvalue weighted by molar-refractivity contribution is 9.10. The van der Waals surface area contributed by atoms with Crippen molar-refractivity contribution >= 4 is 27.5 Å². The van der Waals surface area contributed by atoms with E-state index in [1.807, 2.05) is 12.1 Å². The zero-order valence-electron chi connectivity index (χ0n) is 10.9. The van der Waals surface area contributed by atoms with Crippen molar-refractivity contribution in [2.45, 2.75) is 33.7 Å². The molecule has 2 unspecified atom stereocenters. The van der Waals surface area contributed by atoms with E-state index < -0.39 is 0 Å². The molecule has 0 amide bonds. The Labute approximate surface area is 118 Å². The summed E-state index contributed by atoms with van der Waals surface area (Å²) in [5, 5.41) is 4.38. The normalized spacial score (nSPS) is 15.0. The Morgan fingerprint density at radius 3 is 2.41 bits per heavy atom. The lowest BCUT2D eigenvalue weighted by molar-refractivity contribution is 0.306. The summed E-state index contributed by atoms with van der Waals surface area (Å²) >= 11 is 9.95. The van der Waals surface area contributed by atoms with Crippen LogP contribution in [0.4, 0.5) is 0 Å². The number of hydrogen-bond donors (Lipinski definition) is 1. The average molecular weight is 319 g/mol. The Hall–Kier alpha value is -0.0500. The van der Waals surface area contributed by atoms with Crippen molar-refractivity contribution in [1.82, 2.24) is 5.32 Å². The van der Waals surface area contributed by atoms with Crippen molar-refractivity contribution < 1.29 is 0 Å². The maximum absolute atomic E-state index is 6.34. The lowest BCUT2D eigenvalue weighted by Crippen LogP contribution is -2.30. The van der Waals surface area contributed by atoms with Gasteiger partial charge in [0, 0.05) is 21.1 Å². The van der Waals surface area contributed by atoms with E-state index in [0.717, 1.165) is 16.0 Å². The van der Waals surface area contributed by atoms with Crippen LogP contribution in [0.15, 0.2) is 22.7 Å². The lowest BCUT2D eigenvalue weighted by atomic mass is 9.86. The van der Waals surface area contributed by atoms with E-state index >= 15 is 0 Å². The van der Waals surface area contributed by atoms with Crippen molar-refractivity contribution in [2.75, 3.05) is 6.54 Å². The Kier molecular flexibility index (Phi) is 5.98. The summed E-state index contributed by atoms with van der Waals surface area (Å²) in [7, 11) is 0. The van der Waals surface area contributed by atoms with Gasteiger partial charge in [0.05, 0.1) is 0 Å². The standard InChI is InChI=1S/C14H21BrClN/c1-5-17-14(10(4)9(2)3)13-11(15)7-6-8-12(13)16/h6-10,14,17H,5H2,1-4H3. The summed E-state index contributed by atoms with van der Waals surface area (Å²) in [5.74, 6) is 1.15. The van der Waals surface area contributed by atoms with E-state index in [-0.39, 0.29) is 0 Å². The van der Waals surface area contributed by atoms with Crippen LogP contribution in [0.2, 0.25) is 5.02 Å². The van der Waals surface area contributed by atoms with Crippen LogP contribution in [0.5, 0.6) is 0 Å². The number of rotatable bonds is 5. The lowest BCUT2D eigenvalue weighted by Gasteiger charge is -2.29. The Morgan fingerprint density at radius 1 is 1.29 bits per heavy atom. The molecule has 0 heterocycles. The third-order valence-electron chi connectivity index (χ3n) is 3.31. The first-order chi connectivity index (χ1) is 7.99. The van der Waals surface area contributed by atoms with Gasteiger partial charge in [0.15, 0.2) is 0 Å². The molecule has 0 radical (unpaired) electrons. The molecule has 1 aromatic carbocycles. The summed E-state index contributed by atoms with van der Waals surface area (Å²) in [4.78, 5) is 0. The Balaban J connectivity index is 3.13. The van der Waals surface area contributed by atoms with Crippen molar-refractivity contribution in [1.29, 1.82) is 0 Å². The maximum Gasteiger partial charge on any atom is 0.0465 e. The molecule has 0 fully saturated rings. The van der Waals surface area contributed by atoms with E-state index in [1.54, 1.807) is 0 Å². The molecule has 0 aliphatic carbocycles. The zero-order chi connectivity index (χ0) is 13.0. The molecule has 0 saturated carbocycles. The van der Waals surface area contributed by atoms with Crippen LogP contribution >= 0.6 is 27.5 Å². The molecule has 0 spiro atoms. The summed E-state index contributed by atoms with van der Waals surface area (Å²) in [6.07, 6.45) is 0. The SMILES string of the molecule is CCNC(c1c(Cl)cccc1Br)C(C)C(C)C. The van der Waals surface area contributed by atoms with Crippen LogP contribution in [-0.4, -0.2) is 6.54 Å². The van der Waals surface area contributed by atoms with Crippen LogP contribution in [-0.2, 0) is 0 Å². The molecule has 2 atom stereocenters. The Morgan fingerprint density at radius 2 is 1.94 bits per heavy atom. The highest BCUT2D eigenvalue weighted by Gasteiger charge is 2.24. The fourth-order valence-corrected chi connectivity index (χ4v) is 2.98. The molecule has 17 heavy (non-hydrogen) atoms. The topological polar surface area (TPSA) is 12.0 Å². The highest BCUT2D eigenvalue weighted by Crippen LogP contribution is 2.36. The summed E-state index contributed by atoms with van der Waals surface area (Å²) in [5.41, 5.74) is 1.18. The minimum atomic E-state index is 0.295. The first-order valence-electron chi connectivity index (χ1n) is 6.16. The van der Waals surface area contributed by atoms with Gasteiger partial charge in [-0.2, -0.15) is 0 Å². The molecular weight excluding hydrogens is 298 g/mol. The quantitative estimate of drug-likeness (QED) is 0.801. The fraction of sp³-hybridized carbons (Fsp3) is 0.571. The van der Waals surface area contributed by atoms with Gasteiger partial charge in [-0.25, -0.2) is 0 Å². The van der Waals surface area contributed by atoms with Gasteiger partial charge >= 0.3 is 0 Å². The van der Waals surface area contributed by atoms with Crippen LogP contribution in [0.25, 0.3) is 0 Å². The molecule has 96 valence electrons. The average Bonchev–Trinajstić information content (AvgIpc) is 2.26. The molecule has 0 aliphatic heterocycles. The van der Waals surface area contributed by atoms with Gasteiger partial charge in [-0.15, -0.1) is 0 Å². The van der Waals surface area contributed by atoms with Crippen molar-refractivity contribution in [3.8, 4) is 0 Å². The highest BCUT2D eigenvalue weighted by atomic mass is 79.9. The van der Waals surface area contributed by atoms with Crippen molar-refractivity contribution in [3.63, 3.8) is 0 Å². The van der Waals surface area contributed by atoms with Gasteiger partial charge in [-0.05, 0) is 30.5 Å². The van der Waals surface area contributed by atoms with E-state index in [4.69, 9.17) is 11.6 Å². The molecule has 0 aromatic heterocycles. The number of nitrogens with one attached hydrogen (secondary N) is 1. The predicted molar refractivity (Wildman–Crippen MR) is 79.6 cm³/mol. The molecule has 3 heteroatoms. The van der Waals surface area contributed by atoms with Crippen LogP contribution in [0.1, 0.15) is 39.3 Å². The van der Waals surface area contributed by atoms with Gasteiger partial charge in [0.25, 0.3) is 0 Å². The van der Waals surface area contributed by atoms with Crippen LogP contribution in [0.3, 0.4) is 0 Å². The molecule has 1 aromatic rings. The van der Waals surface area contributed by atoms with E-state index in [1.165, 1.54) is 5.56 Å². The first kappa shape index (κ1) is 15.0. The minimum Gasteiger partial charge on any atom is -0.310 e. The van der Waals surface area contributed by atoms with E-state index in [9.17, 15) is 0 Å². The second kappa shape index (κ2) is 6.77. The Bertz CT molecular complexity index is 345. The number of hydrogen-bond acceptors (Lipinski definition) is 1. The van der Waals surface area contributed by atoms with Gasteiger partial charge < -0.3 is 5.32 Å². The maximum atomic E-state index is 6.34. The van der Waals surface area contributed by atoms with E-state index in [0.29, 0.717) is 17.9 Å². The number of benzene rings is 1. The summed E-state index contributed by atoms with van der Waals surface area (Å²) in [6.45, 7) is 9.84. The second-order valence-electron chi connectivity index (χ2n) is 4.77. The predicted octanol–water partition coefficient (Wildman–Crippen LogP) is 5.05. The molecule has 0 bridgehead atoms. The first-order valence-corrected chi connectivity index (χ1v) is 7.33. The largest absolute Gasteiger partial charge is 0.310 e. The summed E-state index contributed by atoms with van der Waals surface area (Å²) < 4.78 is 1.09. The molecule has 1 N–H and O–H groups in total. The van der Waals surface area contributed by atoms with Crippen molar-refractivity contribution in [2.24, 2.45) is 11.8 Å². The summed E-state index contributed by atoms with van der Waals surface area (Å²) in [6, 6.07) is 6.28. The number of halogens is 2. The third-order valence-corrected chi connectivity index (χ3v) is 4.33. The molecule has 1 nitrogen and oxygen atoms in total. The fourth-order valence-electron chi connectivity index (χ4n) is 1.96. The van der Waals surface area contributed by atoms with Gasteiger partial charge in [-0.3, -0.25) is 0 Å². The molecular formula is C14H21BrClN. The second-order valence-corrected chi connectivity index (χ2v) is 6.04. The van der Waals surface area contributed by atoms with E-state index in [2.05, 4.69) is 55.0 Å².